The van der Waals surface area contributed by atoms with Crippen LogP contribution in [0.3, 0.4) is 0 Å². The Hall–Kier alpha value is -0.120. The van der Waals surface area contributed by atoms with Gasteiger partial charge in [-0.05, 0) is 26.2 Å². The van der Waals surface area contributed by atoms with Gasteiger partial charge in [0.1, 0.15) is 0 Å². The maximum atomic E-state index is 5.74. The summed E-state index contributed by atoms with van der Waals surface area (Å²) in [7, 11) is 0. The van der Waals surface area contributed by atoms with Crippen LogP contribution in [0.5, 0.6) is 0 Å². The second kappa shape index (κ2) is 7.46. The lowest BCUT2D eigenvalue weighted by molar-refractivity contribution is -0.0420. The van der Waals surface area contributed by atoms with Gasteiger partial charge in [0.05, 0.1) is 12.7 Å². The highest BCUT2D eigenvalue weighted by Crippen LogP contribution is 2.18. The molecule has 18 heavy (non-hydrogen) atoms. The Bertz CT molecular complexity index is 229. The molecule has 0 aromatic heterocycles. The molecule has 0 aromatic rings. The van der Waals surface area contributed by atoms with E-state index in [2.05, 4.69) is 24.1 Å². The predicted molar refractivity (Wildman–Crippen MR) is 75.9 cm³/mol. The standard InChI is InChI=1S/C15H30N2O/c1-3-15-12-17(9-10-18-15)13(2)11-16-14-7-5-4-6-8-14/h13-16H,3-12H2,1-2H3. The largest absolute Gasteiger partial charge is 0.376 e. The molecule has 106 valence electrons. The molecule has 1 heterocycles. The maximum Gasteiger partial charge on any atom is 0.0700 e. The summed E-state index contributed by atoms with van der Waals surface area (Å²) in [5, 5.41) is 3.77. The maximum absolute atomic E-state index is 5.74. The van der Waals surface area contributed by atoms with Crippen molar-refractivity contribution in [3.63, 3.8) is 0 Å². The van der Waals surface area contributed by atoms with Gasteiger partial charge in [0.25, 0.3) is 0 Å². The van der Waals surface area contributed by atoms with E-state index in [1.54, 1.807) is 0 Å². The van der Waals surface area contributed by atoms with Crippen LogP contribution in [-0.2, 0) is 4.74 Å². The quantitative estimate of drug-likeness (QED) is 0.815. The number of hydrogen-bond donors (Lipinski definition) is 1. The highest BCUT2D eigenvalue weighted by molar-refractivity contribution is 4.79. The van der Waals surface area contributed by atoms with Crippen molar-refractivity contribution in [1.29, 1.82) is 0 Å². The zero-order chi connectivity index (χ0) is 12.8. The fourth-order valence-corrected chi connectivity index (χ4v) is 3.16. The van der Waals surface area contributed by atoms with E-state index in [0.29, 0.717) is 12.1 Å². The summed E-state index contributed by atoms with van der Waals surface area (Å²) in [6, 6.07) is 1.43. The monoisotopic (exact) mass is 254 g/mol. The molecule has 0 amide bonds. The van der Waals surface area contributed by atoms with Gasteiger partial charge in [-0.1, -0.05) is 26.2 Å². The Morgan fingerprint density at radius 1 is 1.28 bits per heavy atom. The molecular weight excluding hydrogens is 224 g/mol. The highest BCUT2D eigenvalue weighted by atomic mass is 16.5. The number of ether oxygens (including phenoxy) is 1. The Morgan fingerprint density at radius 3 is 2.78 bits per heavy atom. The van der Waals surface area contributed by atoms with Gasteiger partial charge in [-0.25, -0.2) is 0 Å². The first-order valence-corrected chi connectivity index (χ1v) is 7.88. The lowest BCUT2D eigenvalue weighted by atomic mass is 9.95. The van der Waals surface area contributed by atoms with Gasteiger partial charge in [-0.2, -0.15) is 0 Å². The number of rotatable bonds is 5. The second-order valence-electron chi connectivity index (χ2n) is 5.99. The number of morpholine rings is 1. The van der Waals surface area contributed by atoms with Crippen molar-refractivity contribution < 1.29 is 4.74 Å². The molecular formula is C15H30N2O. The summed E-state index contributed by atoms with van der Waals surface area (Å²) >= 11 is 0. The van der Waals surface area contributed by atoms with Crippen LogP contribution in [0.15, 0.2) is 0 Å². The van der Waals surface area contributed by atoms with Crippen LogP contribution in [0, 0.1) is 0 Å². The average molecular weight is 254 g/mol. The van der Waals surface area contributed by atoms with Crippen LogP contribution in [0.1, 0.15) is 52.4 Å². The van der Waals surface area contributed by atoms with E-state index < -0.39 is 0 Å². The zero-order valence-corrected chi connectivity index (χ0v) is 12.2. The number of nitrogens with one attached hydrogen (secondary N) is 1. The summed E-state index contributed by atoms with van der Waals surface area (Å²) < 4.78 is 5.74. The first-order valence-electron chi connectivity index (χ1n) is 7.88. The topological polar surface area (TPSA) is 24.5 Å². The van der Waals surface area contributed by atoms with E-state index >= 15 is 0 Å². The second-order valence-corrected chi connectivity index (χ2v) is 5.99. The molecule has 2 fully saturated rings. The average Bonchev–Trinajstić information content (AvgIpc) is 2.46. The molecule has 1 aliphatic carbocycles. The molecule has 0 aromatic carbocycles. The zero-order valence-electron chi connectivity index (χ0n) is 12.2. The van der Waals surface area contributed by atoms with Gasteiger partial charge in [0, 0.05) is 31.7 Å². The summed E-state index contributed by atoms with van der Waals surface area (Å²) in [5.74, 6) is 0. The molecule has 0 radical (unpaired) electrons. The van der Waals surface area contributed by atoms with Crippen LogP contribution in [-0.4, -0.2) is 49.3 Å². The highest BCUT2D eigenvalue weighted by Gasteiger charge is 2.23. The third kappa shape index (κ3) is 4.22. The molecule has 0 spiro atoms. The third-order valence-corrected chi connectivity index (χ3v) is 4.56. The van der Waals surface area contributed by atoms with E-state index in [1.807, 2.05) is 0 Å². The van der Waals surface area contributed by atoms with Gasteiger partial charge in [-0.3, -0.25) is 4.90 Å². The molecule has 2 atom stereocenters. The third-order valence-electron chi connectivity index (χ3n) is 4.56. The van der Waals surface area contributed by atoms with Crippen molar-refractivity contribution in [3.05, 3.63) is 0 Å². The molecule has 1 saturated heterocycles. The van der Waals surface area contributed by atoms with Crippen LogP contribution in [0.2, 0.25) is 0 Å². The summed E-state index contributed by atoms with van der Waals surface area (Å²) in [4.78, 5) is 2.59. The lowest BCUT2D eigenvalue weighted by Crippen LogP contribution is -2.50. The van der Waals surface area contributed by atoms with Crippen LogP contribution in [0.4, 0.5) is 0 Å². The van der Waals surface area contributed by atoms with Gasteiger partial charge < -0.3 is 10.1 Å². The Labute approximate surface area is 112 Å². The van der Waals surface area contributed by atoms with E-state index in [-0.39, 0.29) is 0 Å². The first kappa shape index (κ1) is 14.3. The van der Waals surface area contributed by atoms with E-state index in [0.717, 1.165) is 38.7 Å². The summed E-state index contributed by atoms with van der Waals surface area (Å²) in [5.41, 5.74) is 0. The fraction of sp³-hybridized carbons (Fsp3) is 1.00. The van der Waals surface area contributed by atoms with E-state index in [4.69, 9.17) is 4.74 Å². The molecule has 0 bridgehead atoms. The van der Waals surface area contributed by atoms with Crippen LogP contribution < -0.4 is 5.32 Å². The van der Waals surface area contributed by atoms with Crippen LogP contribution in [0.25, 0.3) is 0 Å². The van der Waals surface area contributed by atoms with E-state index in [1.165, 1.54) is 32.1 Å². The SMILES string of the molecule is CCC1CN(C(C)CNC2CCCCC2)CCO1. The van der Waals surface area contributed by atoms with Crippen molar-refractivity contribution in [1.82, 2.24) is 10.2 Å². The summed E-state index contributed by atoms with van der Waals surface area (Å²) in [6.45, 7) is 8.84. The minimum Gasteiger partial charge on any atom is -0.376 e. The van der Waals surface area contributed by atoms with Crippen molar-refractivity contribution in [2.45, 2.75) is 70.6 Å². The lowest BCUT2D eigenvalue weighted by Gasteiger charge is -2.37. The van der Waals surface area contributed by atoms with Gasteiger partial charge in [-0.15, -0.1) is 0 Å². The molecule has 3 nitrogen and oxygen atoms in total. The van der Waals surface area contributed by atoms with Crippen molar-refractivity contribution in [3.8, 4) is 0 Å². The molecule has 2 aliphatic rings. The van der Waals surface area contributed by atoms with Crippen molar-refractivity contribution in [2.24, 2.45) is 0 Å². The molecule has 1 N–H and O–H groups in total. The number of nitrogens with zero attached hydrogens (tertiary/aromatic N) is 1. The minimum absolute atomic E-state index is 0.455. The smallest absolute Gasteiger partial charge is 0.0700 e. The predicted octanol–water partition coefficient (Wildman–Crippen LogP) is 2.41. The van der Waals surface area contributed by atoms with Gasteiger partial charge >= 0.3 is 0 Å². The Balaban J connectivity index is 1.68. The van der Waals surface area contributed by atoms with E-state index in [9.17, 15) is 0 Å². The molecule has 1 aliphatic heterocycles. The summed E-state index contributed by atoms with van der Waals surface area (Å²) in [6.07, 6.45) is 8.63. The number of hydrogen-bond acceptors (Lipinski definition) is 3. The molecule has 1 saturated carbocycles. The molecule has 3 heteroatoms. The van der Waals surface area contributed by atoms with Crippen LogP contribution >= 0.6 is 0 Å². The molecule has 2 rings (SSSR count). The normalized spacial score (nSPS) is 29.3. The van der Waals surface area contributed by atoms with Gasteiger partial charge in [0.15, 0.2) is 0 Å². The van der Waals surface area contributed by atoms with Gasteiger partial charge in [0.2, 0.25) is 0 Å². The van der Waals surface area contributed by atoms with Crippen molar-refractivity contribution in [2.75, 3.05) is 26.2 Å². The Kier molecular flexibility index (Phi) is 5.93. The Morgan fingerprint density at radius 2 is 2.06 bits per heavy atom. The molecule has 2 unspecified atom stereocenters. The minimum atomic E-state index is 0.455. The fourth-order valence-electron chi connectivity index (χ4n) is 3.16. The first-order chi connectivity index (χ1) is 8.79. The van der Waals surface area contributed by atoms with Crippen molar-refractivity contribution >= 4 is 0 Å².